The molecular formula is C18H20Cl2N3O2+. The predicted molar refractivity (Wildman–Crippen MR) is 102 cm³/mol. The second-order valence-corrected chi connectivity index (χ2v) is 6.67. The fourth-order valence-corrected chi connectivity index (χ4v) is 2.60. The molecule has 0 saturated heterocycles. The van der Waals surface area contributed by atoms with Gasteiger partial charge in [-0.05, 0) is 36.8 Å². The number of rotatable bonds is 6. The molecule has 2 aromatic rings. The zero-order chi connectivity index (χ0) is 18.4. The zero-order valence-electron chi connectivity index (χ0n) is 14.0. The van der Waals surface area contributed by atoms with Gasteiger partial charge < -0.3 is 15.5 Å². The molecule has 25 heavy (non-hydrogen) atoms. The minimum absolute atomic E-state index is 0.144. The molecule has 0 aliphatic heterocycles. The average Bonchev–Trinajstić information content (AvgIpc) is 2.52. The van der Waals surface area contributed by atoms with Crippen LogP contribution in [0.5, 0.6) is 0 Å². The van der Waals surface area contributed by atoms with Crippen LogP contribution in [0.4, 0.5) is 11.4 Å². The van der Waals surface area contributed by atoms with Crippen molar-refractivity contribution in [3.8, 4) is 0 Å². The lowest BCUT2D eigenvalue weighted by molar-refractivity contribution is -0.862. The van der Waals surface area contributed by atoms with Crippen molar-refractivity contribution in [3.05, 3.63) is 58.1 Å². The van der Waals surface area contributed by atoms with Crippen molar-refractivity contribution in [1.29, 1.82) is 0 Å². The van der Waals surface area contributed by atoms with Gasteiger partial charge in [0.25, 0.3) is 11.8 Å². The molecule has 0 aliphatic rings. The highest BCUT2D eigenvalue weighted by Gasteiger charge is 2.15. The number of benzene rings is 2. The number of hydrogen-bond acceptors (Lipinski definition) is 2. The highest BCUT2D eigenvalue weighted by atomic mass is 35.5. The minimum Gasteiger partial charge on any atom is -0.322 e. The van der Waals surface area contributed by atoms with E-state index in [1.807, 2.05) is 31.2 Å². The van der Waals surface area contributed by atoms with Gasteiger partial charge in [-0.1, -0.05) is 41.4 Å². The van der Waals surface area contributed by atoms with Crippen LogP contribution in [0, 0.1) is 6.92 Å². The van der Waals surface area contributed by atoms with Crippen LogP contribution < -0.4 is 15.5 Å². The van der Waals surface area contributed by atoms with Crippen LogP contribution >= 0.6 is 23.2 Å². The lowest BCUT2D eigenvalue weighted by Gasteiger charge is -2.14. The van der Waals surface area contributed by atoms with Gasteiger partial charge >= 0.3 is 0 Å². The number of carbonyl (C=O) groups excluding carboxylic acids is 2. The summed E-state index contributed by atoms with van der Waals surface area (Å²) in [6, 6.07) is 12.4. The molecule has 1 atom stereocenters. The van der Waals surface area contributed by atoms with E-state index < -0.39 is 0 Å². The first-order valence-electron chi connectivity index (χ1n) is 7.77. The Kier molecular flexibility index (Phi) is 6.82. The van der Waals surface area contributed by atoms with Crippen molar-refractivity contribution in [1.82, 2.24) is 0 Å². The molecule has 0 aliphatic carbocycles. The van der Waals surface area contributed by atoms with Gasteiger partial charge in [-0.15, -0.1) is 0 Å². The Morgan fingerprint density at radius 2 is 1.60 bits per heavy atom. The number of amides is 2. The second-order valence-electron chi connectivity index (χ2n) is 5.85. The summed E-state index contributed by atoms with van der Waals surface area (Å²) < 4.78 is 0. The van der Waals surface area contributed by atoms with Crippen molar-refractivity contribution in [2.24, 2.45) is 0 Å². The first-order chi connectivity index (χ1) is 11.8. The monoisotopic (exact) mass is 380 g/mol. The molecule has 5 nitrogen and oxygen atoms in total. The summed E-state index contributed by atoms with van der Waals surface area (Å²) in [5.41, 5.74) is 2.34. The van der Waals surface area contributed by atoms with Crippen molar-refractivity contribution >= 4 is 46.4 Å². The third kappa shape index (κ3) is 6.05. The smallest absolute Gasteiger partial charge is 0.279 e. The van der Waals surface area contributed by atoms with E-state index in [0.29, 0.717) is 15.7 Å². The van der Waals surface area contributed by atoms with Crippen LogP contribution in [0.1, 0.15) is 5.56 Å². The standard InChI is InChI=1S/C18H19Cl2N3O2/c1-12-5-3-4-6-16(12)22-18(25)11-23(2)10-17(24)21-13-7-8-14(19)15(20)9-13/h3-9H,10-11H2,1-2H3,(H,21,24)(H,22,25)/p+1. The van der Waals surface area contributed by atoms with Gasteiger partial charge in [0.15, 0.2) is 13.1 Å². The van der Waals surface area contributed by atoms with Crippen LogP contribution in [-0.4, -0.2) is 32.0 Å². The van der Waals surface area contributed by atoms with Gasteiger partial charge in [0.05, 0.1) is 17.1 Å². The Morgan fingerprint density at radius 3 is 2.24 bits per heavy atom. The lowest BCUT2D eigenvalue weighted by Crippen LogP contribution is -3.11. The molecule has 0 aromatic heterocycles. The predicted octanol–water partition coefficient (Wildman–Crippen LogP) is 2.39. The number of carbonyl (C=O) groups is 2. The van der Waals surface area contributed by atoms with Gasteiger partial charge in [0, 0.05) is 11.4 Å². The van der Waals surface area contributed by atoms with Crippen molar-refractivity contribution < 1.29 is 14.5 Å². The number of anilines is 2. The van der Waals surface area contributed by atoms with Crippen LogP contribution in [0.2, 0.25) is 10.0 Å². The molecule has 1 unspecified atom stereocenters. The van der Waals surface area contributed by atoms with Gasteiger partial charge in [0.1, 0.15) is 0 Å². The fraction of sp³-hybridized carbons (Fsp3) is 0.222. The number of quaternary nitrogens is 1. The molecule has 3 N–H and O–H groups in total. The Morgan fingerprint density at radius 1 is 0.960 bits per heavy atom. The zero-order valence-corrected chi connectivity index (χ0v) is 15.5. The maximum absolute atomic E-state index is 12.1. The van der Waals surface area contributed by atoms with Gasteiger partial charge in [-0.25, -0.2) is 0 Å². The van der Waals surface area contributed by atoms with E-state index in [0.717, 1.165) is 16.2 Å². The van der Waals surface area contributed by atoms with Crippen LogP contribution in [0.25, 0.3) is 0 Å². The maximum Gasteiger partial charge on any atom is 0.279 e. The molecule has 0 fully saturated rings. The number of nitrogens with one attached hydrogen (secondary N) is 3. The van der Waals surface area contributed by atoms with Crippen LogP contribution in [0.15, 0.2) is 42.5 Å². The Bertz CT molecular complexity index is 781. The second kappa shape index (κ2) is 8.85. The maximum atomic E-state index is 12.1. The molecule has 132 valence electrons. The molecule has 7 heteroatoms. The van der Waals surface area contributed by atoms with Crippen molar-refractivity contribution in [2.45, 2.75) is 6.92 Å². The molecular weight excluding hydrogens is 361 g/mol. The van der Waals surface area contributed by atoms with E-state index in [1.54, 1.807) is 25.2 Å². The molecule has 0 saturated carbocycles. The topological polar surface area (TPSA) is 62.6 Å². The van der Waals surface area contributed by atoms with E-state index in [-0.39, 0.29) is 24.9 Å². The van der Waals surface area contributed by atoms with Gasteiger partial charge in [-0.2, -0.15) is 0 Å². The van der Waals surface area contributed by atoms with E-state index in [2.05, 4.69) is 10.6 Å². The summed E-state index contributed by atoms with van der Waals surface area (Å²) >= 11 is 11.8. The molecule has 2 rings (SSSR count). The largest absolute Gasteiger partial charge is 0.322 e. The third-order valence-electron chi connectivity index (χ3n) is 3.55. The van der Waals surface area contributed by atoms with Gasteiger partial charge in [0.2, 0.25) is 0 Å². The van der Waals surface area contributed by atoms with Crippen molar-refractivity contribution in [2.75, 3.05) is 30.8 Å². The molecule has 0 radical (unpaired) electrons. The number of aryl methyl sites for hydroxylation is 1. The summed E-state index contributed by atoms with van der Waals surface area (Å²) in [4.78, 5) is 24.9. The van der Waals surface area contributed by atoms with Crippen LogP contribution in [0.3, 0.4) is 0 Å². The third-order valence-corrected chi connectivity index (χ3v) is 4.29. The Hall–Kier alpha value is -2.08. The summed E-state index contributed by atoms with van der Waals surface area (Å²) in [5.74, 6) is -0.353. The van der Waals surface area contributed by atoms with E-state index in [4.69, 9.17) is 23.2 Å². The molecule has 2 amide bonds. The quantitative estimate of drug-likeness (QED) is 0.720. The van der Waals surface area contributed by atoms with E-state index >= 15 is 0 Å². The first-order valence-corrected chi connectivity index (χ1v) is 8.52. The summed E-state index contributed by atoms with van der Waals surface area (Å²) in [6.07, 6.45) is 0. The summed E-state index contributed by atoms with van der Waals surface area (Å²) in [5, 5.41) is 6.39. The Balaban J connectivity index is 1.83. The van der Waals surface area contributed by atoms with Crippen molar-refractivity contribution in [3.63, 3.8) is 0 Å². The number of halogens is 2. The normalized spacial score (nSPS) is 11.7. The summed E-state index contributed by atoms with van der Waals surface area (Å²) in [7, 11) is 1.78. The average molecular weight is 381 g/mol. The number of para-hydroxylation sites is 1. The minimum atomic E-state index is -0.209. The highest BCUT2D eigenvalue weighted by molar-refractivity contribution is 6.42. The molecule has 0 spiro atoms. The number of likely N-dealkylation sites (N-methyl/N-ethyl adjacent to an activating group) is 1. The molecule has 2 aromatic carbocycles. The first kappa shape index (κ1) is 19.2. The summed E-state index contributed by atoms with van der Waals surface area (Å²) in [6.45, 7) is 2.27. The van der Waals surface area contributed by atoms with E-state index in [1.165, 1.54) is 0 Å². The van der Waals surface area contributed by atoms with Gasteiger partial charge in [-0.3, -0.25) is 9.59 Å². The molecule has 0 bridgehead atoms. The number of hydrogen-bond donors (Lipinski definition) is 3. The highest BCUT2D eigenvalue weighted by Crippen LogP contribution is 2.24. The lowest BCUT2D eigenvalue weighted by atomic mass is 10.2. The SMILES string of the molecule is Cc1ccccc1NC(=O)C[NH+](C)CC(=O)Nc1ccc(Cl)c(Cl)c1. The van der Waals surface area contributed by atoms with Crippen LogP contribution in [-0.2, 0) is 9.59 Å². The Labute approximate surface area is 156 Å². The molecule has 0 heterocycles. The fourth-order valence-electron chi connectivity index (χ4n) is 2.30. The van der Waals surface area contributed by atoms with E-state index in [9.17, 15) is 9.59 Å².